The second-order valence-electron chi connectivity index (χ2n) is 7.07. The van der Waals surface area contributed by atoms with E-state index in [-0.39, 0.29) is 11.8 Å². The summed E-state index contributed by atoms with van der Waals surface area (Å²) in [5.74, 6) is -0.285. The van der Waals surface area contributed by atoms with Crippen LogP contribution in [0.15, 0.2) is 66.9 Å². The summed E-state index contributed by atoms with van der Waals surface area (Å²) < 4.78 is 0. The van der Waals surface area contributed by atoms with Crippen LogP contribution in [0.25, 0.3) is 16.5 Å². The van der Waals surface area contributed by atoms with Crippen LogP contribution in [0, 0.1) is 0 Å². The van der Waals surface area contributed by atoms with Gasteiger partial charge in [0.2, 0.25) is 5.91 Å². The number of carbonyl (C=O) groups excluding carboxylic acids is 2. The Morgan fingerprint density at radius 1 is 1.07 bits per heavy atom. The number of nitrogens with zero attached hydrogens (tertiary/aromatic N) is 1. The molecule has 4 rings (SSSR count). The van der Waals surface area contributed by atoms with Crippen molar-refractivity contribution in [2.45, 2.75) is 19.4 Å². The molecule has 5 heteroatoms. The molecule has 0 fully saturated rings. The first-order valence-corrected chi connectivity index (χ1v) is 9.53. The summed E-state index contributed by atoms with van der Waals surface area (Å²) in [4.78, 5) is 30.1. The molecule has 2 amide bonds. The lowest BCUT2D eigenvalue weighted by molar-refractivity contribution is -0.132. The molecular weight excluding hydrogens is 350 g/mol. The van der Waals surface area contributed by atoms with Gasteiger partial charge in [-0.25, -0.2) is 0 Å². The summed E-state index contributed by atoms with van der Waals surface area (Å²) in [6.45, 7) is 2.94. The molecule has 0 aliphatic carbocycles. The van der Waals surface area contributed by atoms with Crippen molar-refractivity contribution >= 4 is 28.3 Å². The minimum absolute atomic E-state index is 0.0569. The number of benzene rings is 2. The average Bonchev–Trinajstić information content (AvgIpc) is 3.18. The maximum atomic E-state index is 12.7. The van der Waals surface area contributed by atoms with Gasteiger partial charge in [0.15, 0.2) is 0 Å². The van der Waals surface area contributed by atoms with Gasteiger partial charge in [-0.3, -0.25) is 9.59 Å². The van der Waals surface area contributed by atoms with Crippen LogP contribution in [0.4, 0.5) is 0 Å². The van der Waals surface area contributed by atoms with Gasteiger partial charge in [0, 0.05) is 41.3 Å². The van der Waals surface area contributed by atoms with Crippen molar-refractivity contribution in [1.29, 1.82) is 0 Å². The number of nitrogens with one attached hydrogen (secondary N) is 2. The van der Waals surface area contributed by atoms with Crippen molar-refractivity contribution in [2.24, 2.45) is 0 Å². The van der Waals surface area contributed by atoms with E-state index < -0.39 is 6.04 Å². The number of para-hydroxylation sites is 1. The van der Waals surface area contributed by atoms with E-state index in [0.29, 0.717) is 18.7 Å². The minimum atomic E-state index is -0.559. The van der Waals surface area contributed by atoms with Crippen LogP contribution in [0.5, 0.6) is 0 Å². The van der Waals surface area contributed by atoms with Crippen LogP contribution < -0.4 is 5.32 Å². The molecular formula is C23H23N3O2. The van der Waals surface area contributed by atoms with Gasteiger partial charge in [-0.1, -0.05) is 42.5 Å². The van der Waals surface area contributed by atoms with Crippen molar-refractivity contribution in [3.8, 4) is 0 Å². The zero-order chi connectivity index (χ0) is 19.5. The first-order chi connectivity index (χ1) is 13.6. The van der Waals surface area contributed by atoms with Crippen LogP contribution >= 0.6 is 0 Å². The van der Waals surface area contributed by atoms with Gasteiger partial charge in [-0.2, -0.15) is 0 Å². The molecule has 1 atom stereocenters. The monoisotopic (exact) mass is 373 g/mol. The molecule has 2 heterocycles. The zero-order valence-electron chi connectivity index (χ0n) is 15.8. The highest BCUT2D eigenvalue weighted by molar-refractivity contribution is 5.97. The van der Waals surface area contributed by atoms with Crippen molar-refractivity contribution in [1.82, 2.24) is 15.2 Å². The second-order valence-corrected chi connectivity index (χ2v) is 7.07. The number of aromatic amines is 1. The van der Waals surface area contributed by atoms with Crippen molar-refractivity contribution < 1.29 is 9.59 Å². The van der Waals surface area contributed by atoms with Crippen LogP contribution in [-0.4, -0.2) is 40.8 Å². The summed E-state index contributed by atoms with van der Waals surface area (Å²) in [5, 5.41) is 4.01. The fourth-order valence-electron chi connectivity index (χ4n) is 3.66. The first kappa shape index (κ1) is 18.0. The molecule has 0 saturated carbocycles. The maximum Gasteiger partial charge on any atom is 0.251 e. The Hall–Kier alpha value is -3.34. The summed E-state index contributed by atoms with van der Waals surface area (Å²) >= 11 is 0. The molecule has 0 saturated heterocycles. The van der Waals surface area contributed by atoms with E-state index in [2.05, 4.69) is 28.5 Å². The summed E-state index contributed by atoms with van der Waals surface area (Å²) in [6, 6.07) is 16.6. The molecule has 2 N–H and O–H groups in total. The van der Waals surface area contributed by atoms with Crippen LogP contribution in [0.1, 0.15) is 29.3 Å². The fourth-order valence-corrected chi connectivity index (χ4v) is 3.66. The Labute approximate surface area is 164 Å². The van der Waals surface area contributed by atoms with Crippen molar-refractivity contribution in [2.75, 3.05) is 13.1 Å². The second kappa shape index (κ2) is 7.72. The van der Waals surface area contributed by atoms with Crippen LogP contribution in [0.3, 0.4) is 0 Å². The topological polar surface area (TPSA) is 65.2 Å². The lowest BCUT2D eigenvalue weighted by Crippen LogP contribution is -2.48. The van der Waals surface area contributed by atoms with Crippen molar-refractivity contribution in [3.63, 3.8) is 0 Å². The first-order valence-electron chi connectivity index (χ1n) is 9.53. The molecule has 0 radical (unpaired) electrons. The lowest BCUT2D eigenvalue weighted by atomic mass is 9.98. The highest BCUT2D eigenvalue weighted by Crippen LogP contribution is 2.29. The standard InChI is InChI=1S/C23H23N3O2/c1-16(25-22(27)18-7-3-2-4-8-18)23(28)26-13-11-17(12-14-26)20-15-24-21-10-6-5-9-19(20)21/h2-11,15-16,24H,12-14H2,1H3,(H,25,27). The molecule has 2 aromatic carbocycles. The summed E-state index contributed by atoms with van der Waals surface area (Å²) in [6.07, 6.45) is 4.95. The zero-order valence-corrected chi connectivity index (χ0v) is 15.8. The van der Waals surface area contributed by atoms with E-state index in [4.69, 9.17) is 0 Å². The number of amides is 2. The molecule has 28 heavy (non-hydrogen) atoms. The van der Waals surface area contributed by atoms with E-state index >= 15 is 0 Å². The van der Waals surface area contributed by atoms with Gasteiger partial charge >= 0.3 is 0 Å². The van der Waals surface area contributed by atoms with E-state index in [1.165, 1.54) is 16.5 Å². The molecule has 1 aliphatic heterocycles. The number of aromatic nitrogens is 1. The number of fused-ring (bicyclic) bond motifs is 1. The van der Waals surface area contributed by atoms with E-state index in [9.17, 15) is 9.59 Å². The predicted molar refractivity (Wildman–Crippen MR) is 111 cm³/mol. The Kier molecular flexibility index (Phi) is 4.98. The molecule has 3 aromatic rings. The smallest absolute Gasteiger partial charge is 0.251 e. The Bertz CT molecular complexity index is 1040. The molecule has 1 aromatic heterocycles. The van der Waals surface area contributed by atoms with Crippen molar-refractivity contribution in [3.05, 3.63) is 78.0 Å². The van der Waals surface area contributed by atoms with E-state index in [0.717, 1.165) is 11.9 Å². The number of H-pyrrole nitrogens is 1. The normalized spacial score (nSPS) is 15.2. The fraction of sp³-hybridized carbons (Fsp3) is 0.217. The maximum absolute atomic E-state index is 12.7. The van der Waals surface area contributed by atoms with E-state index in [1.807, 2.05) is 36.5 Å². The molecule has 1 aliphatic rings. The average molecular weight is 373 g/mol. The summed E-state index contributed by atoms with van der Waals surface area (Å²) in [7, 11) is 0. The molecule has 0 spiro atoms. The SMILES string of the molecule is CC(NC(=O)c1ccccc1)C(=O)N1CC=C(c2c[nH]c3ccccc23)CC1. The molecule has 1 unspecified atom stereocenters. The lowest BCUT2D eigenvalue weighted by Gasteiger charge is -2.29. The van der Waals surface area contributed by atoms with Gasteiger partial charge in [0.1, 0.15) is 6.04 Å². The quantitative estimate of drug-likeness (QED) is 0.734. The Morgan fingerprint density at radius 3 is 2.57 bits per heavy atom. The number of hydrogen-bond acceptors (Lipinski definition) is 2. The highest BCUT2D eigenvalue weighted by atomic mass is 16.2. The molecule has 5 nitrogen and oxygen atoms in total. The minimum Gasteiger partial charge on any atom is -0.361 e. The predicted octanol–water partition coefficient (Wildman–Crippen LogP) is 3.60. The number of hydrogen-bond donors (Lipinski definition) is 2. The van der Waals surface area contributed by atoms with Crippen LogP contribution in [0.2, 0.25) is 0 Å². The molecule has 0 bridgehead atoms. The van der Waals surface area contributed by atoms with E-state index in [1.54, 1.807) is 24.0 Å². The summed E-state index contributed by atoms with van der Waals surface area (Å²) in [5.41, 5.74) is 4.13. The highest BCUT2D eigenvalue weighted by Gasteiger charge is 2.24. The van der Waals surface area contributed by atoms with Crippen LogP contribution in [-0.2, 0) is 4.79 Å². The molecule has 142 valence electrons. The Morgan fingerprint density at radius 2 is 1.82 bits per heavy atom. The number of rotatable bonds is 4. The number of carbonyl (C=O) groups is 2. The van der Waals surface area contributed by atoms with Gasteiger partial charge in [-0.05, 0) is 37.1 Å². The Balaban J connectivity index is 1.41. The van der Waals surface area contributed by atoms with Gasteiger partial charge in [-0.15, -0.1) is 0 Å². The third kappa shape index (κ3) is 3.56. The van der Waals surface area contributed by atoms with Gasteiger partial charge in [0.05, 0.1) is 0 Å². The third-order valence-corrected chi connectivity index (χ3v) is 5.21. The third-order valence-electron chi connectivity index (χ3n) is 5.21. The van der Waals surface area contributed by atoms with Gasteiger partial charge < -0.3 is 15.2 Å². The largest absolute Gasteiger partial charge is 0.361 e. The van der Waals surface area contributed by atoms with Gasteiger partial charge in [0.25, 0.3) is 5.91 Å².